The molecule has 1 aromatic rings. The third-order valence-corrected chi connectivity index (χ3v) is 2.90. The number of hydrogen-bond donors (Lipinski definition) is 0. The smallest absolute Gasteiger partial charge is 0.185 e. The zero-order valence-corrected chi connectivity index (χ0v) is 10.5. The van der Waals surface area contributed by atoms with Crippen LogP contribution in [0, 0.1) is 11.3 Å². The fourth-order valence-corrected chi connectivity index (χ4v) is 2.36. The van der Waals surface area contributed by atoms with Gasteiger partial charge in [-0.15, -0.1) is 0 Å². The number of benzene rings is 1. The van der Waals surface area contributed by atoms with Crippen molar-refractivity contribution in [3.05, 3.63) is 35.9 Å². The molecule has 0 bridgehead atoms. The molecule has 0 aliphatic heterocycles. The van der Waals surface area contributed by atoms with Crippen LogP contribution in [0.15, 0.2) is 30.3 Å². The van der Waals surface area contributed by atoms with Gasteiger partial charge in [-0.1, -0.05) is 30.3 Å². The Kier molecular flexibility index (Phi) is 4.07. The lowest BCUT2D eigenvalue weighted by atomic mass is 10.1. The van der Waals surface area contributed by atoms with Gasteiger partial charge in [0.15, 0.2) is 8.32 Å². The molecule has 1 atom stereocenters. The predicted octanol–water partition coefficient (Wildman–Crippen LogP) is 2.97. The highest BCUT2D eigenvalue weighted by molar-refractivity contribution is 6.69. The largest absolute Gasteiger partial charge is 0.402 e. The summed E-state index contributed by atoms with van der Waals surface area (Å²) in [6.45, 7) is 6.30. The molecule has 0 saturated carbocycles. The third-order valence-electron chi connectivity index (χ3n) is 1.90. The normalized spacial score (nSPS) is 13.2. The summed E-state index contributed by atoms with van der Waals surface area (Å²) in [7, 11) is -1.62. The van der Waals surface area contributed by atoms with Crippen molar-refractivity contribution >= 4 is 8.32 Å². The predicted molar refractivity (Wildman–Crippen MR) is 64.0 cm³/mol. The van der Waals surface area contributed by atoms with E-state index >= 15 is 0 Å². The minimum Gasteiger partial charge on any atom is -0.402 e. The van der Waals surface area contributed by atoms with Crippen LogP contribution in [-0.4, -0.2) is 14.4 Å². The third kappa shape index (κ3) is 4.77. The molecule has 2 nitrogen and oxygen atoms in total. The highest BCUT2D eigenvalue weighted by Gasteiger charge is 2.20. The van der Waals surface area contributed by atoms with Gasteiger partial charge in [-0.25, -0.2) is 0 Å². The van der Waals surface area contributed by atoms with Crippen LogP contribution in [0.5, 0.6) is 0 Å². The van der Waals surface area contributed by atoms with E-state index in [0.717, 1.165) is 5.56 Å². The van der Waals surface area contributed by atoms with Gasteiger partial charge < -0.3 is 4.43 Å². The molecule has 0 aromatic heterocycles. The van der Waals surface area contributed by atoms with E-state index in [4.69, 9.17) is 9.69 Å². The quantitative estimate of drug-likeness (QED) is 0.729. The van der Waals surface area contributed by atoms with Gasteiger partial charge in [-0.2, -0.15) is 5.26 Å². The van der Waals surface area contributed by atoms with Gasteiger partial charge in [0.25, 0.3) is 0 Å². The van der Waals surface area contributed by atoms with E-state index < -0.39 is 8.32 Å². The summed E-state index contributed by atoms with van der Waals surface area (Å²) < 4.78 is 5.77. The van der Waals surface area contributed by atoms with Gasteiger partial charge in [-0.3, -0.25) is 0 Å². The zero-order valence-electron chi connectivity index (χ0n) is 9.53. The highest BCUT2D eigenvalue weighted by Crippen LogP contribution is 2.11. The monoisotopic (exact) mass is 219 g/mol. The van der Waals surface area contributed by atoms with Gasteiger partial charge in [0.1, 0.15) is 6.10 Å². The van der Waals surface area contributed by atoms with Crippen LogP contribution < -0.4 is 0 Å². The molecule has 0 N–H and O–H groups in total. The molecule has 0 amide bonds. The first kappa shape index (κ1) is 12.0. The van der Waals surface area contributed by atoms with Gasteiger partial charge in [-0.05, 0) is 25.2 Å². The molecule has 1 rings (SSSR count). The second-order valence-corrected chi connectivity index (χ2v) is 9.00. The standard InChI is InChI=1S/C12H17NOSi/c1-15(2,3)14-12(10-13)9-11-7-5-4-6-8-11/h4-8,12H,9H2,1-3H3/t12-/m1/s1. The molecular weight excluding hydrogens is 202 g/mol. The van der Waals surface area contributed by atoms with Crippen molar-refractivity contribution in [1.29, 1.82) is 5.26 Å². The van der Waals surface area contributed by atoms with Crippen molar-refractivity contribution in [3.63, 3.8) is 0 Å². The van der Waals surface area contributed by atoms with E-state index in [1.807, 2.05) is 30.3 Å². The Balaban J connectivity index is 2.60. The first-order valence-corrected chi connectivity index (χ1v) is 8.53. The van der Waals surface area contributed by atoms with Crippen LogP contribution in [0.1, 0.15) is 5.56 Å². The van der Waals surface area contributed by atoms with E-state index in [0.29, 0.717) is 6.42 Å². The number of nitriles is 1. The van der Waals surface area contributed by atoms with E-state index in [-0.39, 0.29) is 6.10 Å². The molecule has 0 aliphatic carbocycles. The highest BCUT2D eigenvalue weighted by atomic mass is 28.4. The summed E-state index contributed by atoms with van der Waals surface area (Å²) in [5.74, 6) is 0. The van der Waals surface area contributed by atoms with E-state index in [2.05, 4.69) is 25.7 Å². The van der Waals surface area contributed by atoms with E-state index in [1.165, 1.54) is 0 Å². The summed E-state index contributed by atoms with van der Waals surface area (Å²) in [4.78, 5) is 0. The average molecular weight is 219 g/mol. The molecule has 0 fully saturated rings. The number of rotatable bonds is 4. The van der Waals surface area contributed by atoms with Gasteiger partial charge in [0.2, 0.25) is 0 Å². The Hall–Kier alpha value is -1.11. The molecule has 0 spiro atoms. The topological polar surface area (TPSA) is 33.0 Å². The summed E-state index contributed by atoms with van der Waals surface area (Å²) in [5.41, 5.74) is 1.15. The van der Waals surface area contributed by atoms with Crippen LogP contribution in [0.3, 0.4) is 0 Å². The molecule has 0 radical (unpaired) electrons. The van der Waals surface area contributed by atoms with Gasteiger partial charge in [0, 0.05) is 6.42 Å². The molecule has 3 heteroatoms. The summed E-state index contributed by atoms with van der Waals surface area (Å²) >= 11 is 0. The molecule has 80 valence electrons. The first-order valence-electron chi connectivity index (χ1n) is 5.12. The molecular formula is C12H17NOSi. The Morgan fingerprint density at radius 1 is 1.27 bits per heavy atom. The second-order valence-electron chi connectivity index (χ2n) is 4.54. The molecule has 0 heterocycles. The van der Waals surface area contributed by atoms with Crippen LogP contribution in [-0.2, 0) is 10.8 Å². The van der Waals surface area contributed by atoms with Crippen LogP contribution in [0.25, 0.3) is 0 Å². The van der Waals surface area contributed by atoms with E-state index in [9.17, 15) is 0 Å². The van der Waals surface area contributed by atoms with Crippen LogP contribution in [0.2, 0.25) is 19.6 Å². The second kappa shape index (κ2) is 5.10. The lowest BCUT2D eigenvalue weighted by Gasteiger charge is -2.21. The number of nitrogens with zero attached hydrogens (tertiary/aromatic N) is 1. The summed E-state index contributed by atoms with van der Waals surface area (Å²) in [6.07, 6.45) is 0.376. The zero-order chi connectivity index (χ0) is 11.3. The van der Waals surface area contributed by atoms with Crippen molar-refractivity contribution in [2.24, 2.45) is 0 Å². The first-order chi connectivity index (χ1) is 7.01. The lowest BCUT2D eigenvalue weighted by Crippen LogP contribution is -2.32. The fourth-order valence-electron chi connectivity index (χ4n) is 1.37. The van der Waals surface area contributed by atoms with Crippen LogP contribution in [0.4, 0.5) is 0 Å². The van der Waals surface area contributed by atoms with Gasteiger partial charge >= 0.3 is 0 Å². The van der Waals surface area contributed by atoms with Crippen molar-refractivity contribution < 1.29 is 4.43 Å². The maximum absolute atomic E-state index is 9.00. The minimum atomic E-state index is -1.62. The Morgan fingerprint density at radius 2 is 1.87 bits per heavy atom. The van der Waals surface area contributed by atoms with Crippen molar-refractivity contribution in [1.82, 2.24) is 0 Å². The average Bonchev–Trinajstić information content (AvgIpc) is 2.16. The number of hydrogen-bond acceptors (Lipinski definition) is 2. The Morgan fingerprint density at radius 3 is 2.33 bits per heavy atom. The maximum atomic E-state index is 9.00. The Bertz CT molecular complexity index is 337. The lowest BCUT2D eigenvalue weighted by molar-refractivity contribution is 0.249. The molecule has 15 heavy (non-hydrogen) atoms. The van der Waals surface area contributed by atoms with Gasteiger partial charge in [0.05, 0.1) is 6.07 Å². The minimum absolute atomic E-state index is 0.306. The van der Waals surface area contributed by atoms with Crippen molar-refractivity contribution in [3.8, 4) is 6.07 Å². The fraction of sp³-hybridized carbons (Fsp3) is 0.417. The van der Waals surface area contributed by atoms with Crippen molar-refractivity contribution in [2.75, 3.05) is 0 Å². The molecule has 0 aliphatic rings. The summed E-state index contributed by atoms with van der Waals surface area (Å²) in [6, 6.07) is 12.2. The Labute approximate surface area is 92.6 Å². The van der Waals surface area contributed by atoms with Crippen molar-refractivity contribution in [2.45, 2.75) is 32.2 Å². The van der Waals surface area contributed by atoms with E-state index in [1.54, 1.807) is 0 Å². The van der Waals surface area contributed by atoms with Crippen LogP contribution >= 0.6 is 0 Å². The summed E-state index contributed by atoms with van der Waals surface area (Å²) in [5, 5.41) is 9.00. The molecule has 0 saturated heterocycles. The molecule has 0 unspecified atom stereocenters. The maximum Gasteiger partial charge on any atom is 0.185 e. The SMILES string of the molecule is C[Si](C)(C)O[C@@H](C#N)Cc1ccccc1. The molecule has 1 aromatic carbocycles.